The lowest BCUT2D eigenvalue weighted by Gasteiger charge is -2.36. The number of phenols is 2. The van der Waals surface area contributed by atoms with Gasteiger partial charge in [-0.1, -0.05) is 55.5 Å². The maximum Gasteiger partial charge on any atom is 0.255 e. The SMILES string of the molecule is CCC(=C(c1ccc(O)cc1)c1ccc(N2CCN(Cc3cccc4c3CN(C3CCC(=O)NC3=O)C4=O)CC2)cc1)c1ccc(O)cc1. The summed E-state index contributed by atoms with van der Waals surface area (Å²) in [7, 11) is 0. The molecular weight excluding hydrogens is 616 g/mol. The fourth-order valence-electron chi connectivity index (χ4n) is 7.37. The Balaban J connectivity index is 1.05. The average Bonchev–Trinajstić information content (AvgIpc) is 3.45. The molecule has 2 fully saturated rings. The molecule has 3 heterocycles. The van der Waals surface area contributed by atoms with E-state index in [1.165, 1.54) is 0 Å². The van der Waals surface area contributed by atoms with E-state index in [0.29, 0.717) is 18.5 Å². The van der Waals surface area contributed by atoms with Gasteiger partial charge in [0.1, 0.15) is 17.5 Å². The van der Waals surface area contributed by atoms with Crippen molar-refractivity contribution in [1.29, 1.82) is 0 Å². The molecule has 0 aromatic heterocycles. The molecule has 3 aliphatic heterocycles. The largest absolute Gasteiger partial charge is 0.508 e. The highest BCUT2D eigenvalue weighted by Gasteiger charge is 2.40. The molecule has 9 heteroatoms. The molecule has 3 aliphatic rings. The smallest absolute Gasteiger partial charge is 0.255 e. The van der Waals surface area contributed by atoms with Crippen molar-refractivity contribution in [3.8, 4) is 11.5 Å². The van der Waals surface area contributed by atoms with Gasteiger partial charge in [-0.25, -0.2) is 0 Å². The molecule has 0 radical (unpaired) electrons. The second-order valence-corrected chi connectivity index (χ2v) is 13.0. The van der Waals surface area contributed by atoms with E-state index in [1.54, 1.807) is 29.2 Å². The van der Waals surface area contributed by atoms with Crippen LogP contribution >= 0.6 is 0 Å². The van der Waals surface area contributed by atoms with Crippen LogP contribution in [-0.2, 0) is 22.7 Å². The number of hydrogen-bond acceptors (Lipinski definition) is 7. The first kappa shape index (κ1) is 32.2. The van der Waals surface area contributed by atoms with Crippen molar-refractivity contribution >= 4 is 34.6 Å². The molecule has 0 spiro atoms. The van der Waals surface area contributed by atoms with Crippen LogP contribution in [0.25, 0.3) is 11.1 Å². The van der Waals surface area contributed by atoms with Crippen LogP contribution in [0.15, 0.2) is 91.0 Å². The molecule has 49 heavy (non-hydrogen) atoms. The molecule has 4 aromatic rings. The Bertz CT molecular complexity index is 1910. The molecular formula is C40H40N4O5. The molecule has 1 atom stereocenters. The van der Waals surface area contributed by atoms with Crippen LogP contribution in [-0.4, -0.2) is 70.0 Å². The molecule has 1 unspecified atom stereocenters. The predicted octanol–water partition coefficient (Wildman–Crippen LogP) is 5.55. The summed E-state index contributed by atoms with van der Waals surface area (Å²) in [5, 5.41) is 22.2. The minimum Gasteiger partial charge on any atom is -0.508 e. The fourth-order valence-corrected chi connectivity index (χ4v) is 7.37. The van der Waals surface area contributed by atoms with Gasteiger partial charge in [0.15, 0.2) is 0 Å². The number of carbonyl (C=O) groups is 3. The number of anilines is 1. The van der Waals surface area contributed by atoms with E-state index < -0.39 is 6.04 Å². The van der Waals surface area contributed by atoms with Crippen LogP contribution in [0.3, 0.4) is 0 Å². The fraction of sp³-hybridized carbons (Fsp3) is 0.275. The highest BCUT2D eigenvalue weighted by atomic mass is 16.3. The van der Waals surface area contributed by atoms with Gasteiger partial charge in [-0.15, -0.1) is 0 Å². The van der Waals surface area contributed by atoms with Crippen LogP contribution < -0.4 is 10.2 Å². The molecule has 250 valence electrons. The van der Waals surface area contributed by atoms with Crippen LogP contribution in [0.4, 0.5) is 5.69 Å². The average molecular weight is 657 g/mol. The normalized spacial score (nSPS) is 18.7. The van der Waals surface area contributed by atoms with Crippen molar-refractivity contribution in [3.05, 3.63) is 124 Å². The zero-order chi connectivity index (χ0) is 34.1. The second-order valence-electron chi connectivity index (χ2n) is 13.0. The molecule has 4 aromatic carbocycles. The van der Waals surface area contributed by atoms with Crippen molar-refractivity contribution in [2.75, 3.05) is 31.1 Å². The molecule has 3 amide bonds. The number of rotatable bonds is 8. The van der Waals surface area contributed by atoms with E-state index in [2.05, 4.69) is 52.4 Å². The van der Waals surface area contributed by atoms with Crippen molar-refractivity contribution in [3.63, 3.8) is 0 Å². The van der Waals surface area contributed by atoms with E-state index in [9.17, 15) is 24.6 Å². The minimum atomic E-state index is -0.616. The van der Waals surface area contributed by atoms with Gasteiger partial charge in [-0.2, -0.15) is 0 Å². The van der Waals surface area contributed by atoms with E-state index in [1.807, 2.05) is 36.4 Å². The number of phenolic OH excluding ortho intramolecular Hbond substituents is 2. The first-order valence-corrected chi connectivity index (χ1v) is 16.9. The summed E-state index contributed by atoms with van der Waals surface area (Å²) >= 11 is 0. The van der Waals surface area contributed by atoms with Crippen LogP contribution in [0.5, 0.6) is 11.5 Å². The van der Waals surface area contributed by atoms with Gasteiger partial charge >= 0.3 is 0 Å². The van der Waals surface area contributed by atoms with Gasteiger partial charge < -0.3 is 20.0 Å². The Morgan fingerprint density at radius 1 is 0.776 bits per heavy atom. The third kappa shape index (κ3) is 6.54. The van der Waals surface area contributed by atoms with Crippen molar-refractivity contribution in [2.24, 2.45) is 0 Å². The van der Waals surface area contributed by atoms with Gasteiger partial charge in [-0.3, -0.25) is 24.6 Å². The number of aromatic hydroxyl groups is 2. The summed E-state index contributed by atoms with van der Waals surface area (Å²) in [5.41, 5.74) is 9.27. The third-order valence-corrected chi connectivity index (χ3v) is 9.99. The Morgan fingerprint density at radius 2 is 1.39 bits per heavy atom. The number of imide groups is 1. The lowest BCUT2D eigenvalue weighted by Crippen LogP contribution is -2.52. The molecule has 3 N–H and O–H groups in total. The molecule has 0 saturated carbocycles. The Kier molecular flexibility index (Phi) is 8.93. The van der Waals surface area contributed by atoms with Gasteiger partial charge in [0.25, 0.3) is 5.91 Å². The number of nitrogens with one attached hydrogen (secondary N) is 1. The number of piperidine rings is 1. The molecule has 0 aliphatic carbocycles. The number of hydrogen-bond donors (Lipinski definition) is 3. The summed E-state index contributed by atoms with van der Waals surface area (Å²) in [5.74, 6) is -0.363. The summed E-state index contributed by atoms with van der Waals surface area (Å²) in [6, 6.07) is 28.5. The maximum atomic E-state index is 13.3. The Labute approximate surface area is 286 Å². The van der Waals surface area contributed by atoms with E-state index in [-0.39, 0.29) is 35.6 Å². The van der Waals surface area contributed by atoms with Crippen LogP contribution in [0.1, 0.15) is 64.4 Å². The molecule has 9 nitrogen and oxygen atoms in total. The number of nitrogens with zero attached hydrogens (tertiary/aromatic N) is 3. The number of piperazine rings is 1. The molecule has 2 saturated heterocycles. The predicted molar refractivity (Wildman–Crippen MR) is 189 cm³/mol. The number of fused-ring (bicyclic) bond motifs is 1. The highest BCUT2D eigenvalue weighted by molar-refractivity contribution is 6.05. The van der Waals surface area contributed by atoms with Gasteiger partial charge in [0.2, 0.25) is 11.8 Å². The van der Waals surface area contributed by atoms with E-state index in [0.717, 1.165) is 83.8 Å². The number of allylic oxidation sites excluding steroid dienone is 1. The molecule has 7 rings (SSSR count). The van der Waals surface area contributed by atoms with Crippen molar-refractivity contribution in [2.45, 2.75) is 45.3 Å². The van der Waals surface area contributed by atoms with Gasteiger partial charge in [0, 0.05) is 56.9 Å². The molecule has 0 bridgehead atoms. The zero-order valence-electron chi connectivity index (χ0n) is 27.6. The summed E-state index contributed by atoms with van der Waals surface area (Å²) in [6.45, 7) is 6.71. The lowest BCUT2D eigenvalue weighted by atomic mass is 9.88. The standard InChI is InChI=1S/C40H40N4O5/c1-2-33(26-8-14-31(45)15-9-26)38(28-10-16-32(46)17-11-28)27-6-12-30(13-7-27)43-22-20-42(21-23-43)24-29-4-3-5-34-35(29)25-44(40(34)49)36-18-19-37(47)41-39(36)48/h3-17,36,45-46H,2,18-25H2,1H3,(H,41,47,48). The first-order chi connectivity index (χ1) is 23.8. The zero-order valence-corrected chi connectivity index (χ0v) is 27.6. The summed E-state index contributed by atoms with van der Waals surface area (Å²) in [6.07, 6.45) is 1.39. The number of benzene rings is 4. The number of amides is 3. The Hall–Kier alpha value is -5.41. The number of carbonyl (C=O) groups excluding carboxylic acids is 3. The van der Waals surface area contributed by atoms with Crippen molar-refractivity contribution < 1.29 is 24.6 Å². The van der Waals surface area contributed by atoms with Crippen molar-refractivity contribution in [1.82, 2.24) is 15.1 Å². The lowest BCUT2D eigenvalue weighted by molar-refractivity contribution is -0.136. The minimum absolute atomic E-state index is 0.142. The Morgan fingerprint density at radius 3 is 2.00 bits per heavy atom. The van der Waals surface area contributed by atoms with Gasteiger partial charge in [-0.05, 0) is 94.3 Å². The topological polar surface area (TPSA) is 113 Å². The van der Waals surface area contributed by atoms with E-state index >= 15 is 0 Å². The van der Waals surface area contributed by atoms with E-state index in [4.69, 9.17) is 0 Å². The maximum absolute atomic E-state index is 13.3. The summed E-state index contributed by atoms with van der Waals surface area (Å²) < 4.78 is 0. The van der Waals surface area contributed by atoms with Crippen LogP contribution in [0.2, 0.25) is 0 Å². The van der Waals surface area contributed by atoms with Gasteiger partial charge in [0.05, 0.1) is 0 Å². The third-order valence-electron chi connectivity index (χ3n) is 9.99. The second kappa shape index (κ2) is 13.6. The first-order valence-electron chi connectivity index (χ1n) is 16.9. The quantitative estimate of drug-likeness (QED) is 0.168. The van der Waals surface area contributed by atoms with Crippen LogP contribution in [0, 0.1) is 0 Å². The highest BCUT2D eigenvalue weighted by Crippen LogP contribution is 2.36. The summed E-state index contributed by atoms with van der Waals surface area (Å²) in [4.78, 5) is 43.9. The monoisotopic (exact) mass is 656 g/mol.